The maximum Gasteiger partial charge on any atom is 0.459 e. The van der Waals surface area contributed by atoms with Gasteiger partial charge < -0.3 is 35.3 Å². The largest absolute Gasteiger partial charge is 0.462 e. The third-order valence-electron chi connectivity index (χ3n) is 6.16. The highest BCUT2D eigenvalue weighted by atomic mass is 35.5. The lowest BCUT2D eigenvalue weighted by Gasteiger charge is -2.28. The Balaban J connectivity index is 1.59. The molecule has 0 amide bonds. The number of benzene rings is 1. The molecule has 1 saturated heterocycles. The lowest BCUT2D eigenvalue weighted by molar-refractivity contribution is -0.149. The van der Waals surface area contributed by atoms with Crippen molar-refractivity contribution in [1.82, 2.24) is 24.6 Å². The summed E-state index contributed by atoms with van der Waals surface area (Å²) >= 11 is 6.73. The second kappa shape index (κ2) is 12.4. The third-order valence-corrected chi connectivity index (χ3v) is 8.34. The van der Waals surface area contributed by atoms with Gasteiger partial charge in [-0.1, -0.05) is 18.2 Å². The van der Waals surface area contributed by atoms with Crippen LogP contribution in [0.5, 0.6) is 5.75 Å². The SMILES string of the molecule is CNc1nc(N)nc2c1ncn2[C@@H]1O[C@H](CO[P@@](=O)(N[C@@H](C)C(=O)OC(C)C)Oc2ccccc2)[C@@H](O)[C@]1(Cl)CO. The van der Waals surface area contributed by atoms with E-state index in [4.69, 9.17) is 35.9 Å². The zero-order chi connectivity index (χ0) is 29.9. The summed E-state index contributed by atoms with van der Waals surface area (Å²) in [6.07, 6.45) is -2.98. The number of carbonyl (C=O) groups excluding carboxylic acids is 1. The van der Waals surface area contributed by atoms with Crippen LogP contribution in [0.1, 0.15) is 27.0 Å². The second-order valence-electron chi connectivity index (χ2n) is 9.60. The lowest BCUT2D eigenvalue weighted by atomic mass is 9.99. The van der Waals surface area contributed by atoms with E-state index in [0.717, 1.165) is 0 Å². The zero-order valence-corrected chi connectivity index (χ0v) is 24.5. The van der Waals surface area contributed by atoms with Gasteiger partial charge in [-0.2, -0.15) is 15.1 Å². The van der Waals surface area contributed by atoms with Crippen LogP contribution in [-0.4, -0.2) is 85.2 Å². The molecule has 0 saturated carbocycles. The number of hydrogen-bond acceptors (Lipinski definition) is 13. The molecule has 4 rings (SSSR count). The molecule has 6 atom stereocenters. The quantitative estimate of drug-likeness (QED) is 0.112. The van der Waals surface area contributed by atoms with Gasteiger partial charge in [0.15, 0.2) is 23.2 Å². The topological polar surface area (TPSA) is 205 Å². The fourth-order valence-electron chi connectivity index (χ4n) is 4.19. The van der Waals surface area contributed by atoms with Gasteiger partial charge in [0.25, 0.3) is 0 Å². The number of aliphatic hydroxyl groups excluding tert-OH is 2. The van der Waals surface area contributed by atoms with E-state index >= 15 is 0 Å². The van der Waals surface area contributed by atoms with Crippen molar-refractivity contribution in [3.63, 3.8) is 0 Å². The Kier molecular flexibility index (Phi) is 9.39. The molecule has 1 aliphatic heterocycles. The molecule has 3 heterocycles. The Bertz CT molecular complexity index is 1410. The predicted octanol–water partition coefficient (Wildman–Crippen LogP) is 1.81. The van der Waals surface area contributed by atoms with Crippen LogP contribution in [0, 0.1) is 0 Å². The van der Waals surface area contributed by atoms with Crippen LogP contribution < -0.4 is 20.7 Å². The van der Waals surface area contributed by atoms with E-state index in [9.17, 15) is 19.6 Å². The van der Waals surface area contributed by atoms with Crippen molar-refractivity contribution in [3.8, 4) is 5.75 Å². The number of esters is 1. The third kappa shape index (κ3) is 6.56. The number of anilines is 2. The number of halogens is 1. The summed E-state index contributed by atoms with van der Waals surface area (Å²) in [5.74, 6) is -0.180. The zero-order valence-electron chi connectivity index (χ0n) is 22.8. The molecule has 6 N–H and O–H groups in total. The number of para-hydroxylation sites is 1. The van der Waals surface area contributed by atoms with Gasteiger partial charge in [0.2, 0.25) is 5.95 Å². The van der Waals surface area contributed by atoms with Crippen molar-refractivity contribution in [2.75, 3.05) is 31.3 Å². The number of aromatic nitrogens is 4. The Morgan fingerprint density at radius 2 is 2.00 bits per heavy atom. The van der Waals surface area contributed by atoms with Crippen molar-refractivity contribution in [2.45, 2.75) is 56.2 Å². The Morgan fingerprint density at radius 3 is 2.63 bits per heavy atom. The standard InChI is InChI=1S/C24H33ClN7O8P/c1-13(2)38-21(35)14(3)31-41(36,40-15-8-6-5-7-9-15)37-10-16-18(34)24(25,11-33)22(39-16)32-12-28-17-19(27-4)29-23(26)30-20(17)32/h5-9,12-14,16,18,22,33-34H,10-11H2,1-4H3,(H,31,36)(H3,26,27,29,30)/t14-,16+,18+,22+,24+,41-/m0/s1. The first kappa shape index (κ1) is 30.9. The maximum atomic E-state index is 13.8. The number of alkyl halides is 1. The smallest absolute Gasteiger partial charge is 0.459 e. The molecule has 0 radical (unpaired) electrons. The molecule has 1 fully saturated rings. The molecule has 17 heteroatoms. The highest BCUT2D eigenvalue weighted by molar-refractivity contribution is 7.52. The van der Waals surface area contributed by atoms with Gasteiger partial charge in [-0.3, -0.25) is 13.9 Å². The molecule has 2 aromatic heterocycles. The number of nitrogens with zero attached hydrogens (tertiary/aromatic N) is 4. The number of imidazole rings is 1. The van der Waals surface area contributed by atoms with Crippen molar-refractivity contribution in [2.24, 2.45) is 0 Å². The summed E-state index contributed by atoms with van der Waals surface area (Å²) in [5, 5.41) is 26.8. The summed E-state index contributed by atoms with van der Waals surface area (Å²) in [6, 6.07) is 7.10. The number of ether oxygens (including phenoxy) is 2. The maximum absolute atomic E-state index is 13.8. The van der Waals surface area contributed by atoms with Crippen LogP contribution in [0.15, 0.2) is 36.7 Å². The Labute approximate surface area is 240 Å². The van der Waals surface area contributed by atoms with Crippen LogP contribution in [0.2, 0.25) is 0 Å². The fourth-order valence-corrected chi connectivity index (χ4v) is 5.99. The average Bonchev–Trinajstić information content (AvgIpc) is 3.45. The van der Waals surface area contributed by atoms with Crippen molar-refractivity contribution in [1.29, 1.82) is 0 Å². The first-order chi connectivity index (χ1) is 19.4. The summed E-state index contributed by atoms with van der Waals surface area (Å²) in [6.45, 7) is 3.57. The molecule has 15 nitrogen and oxygen atoms in total. The van der Waals surface area contributed by atoms with Crippen molar-refractivity contribution in [3.05, 3.63) is 36.7 Å². The number of carbonyl (C=O) groups is 1. The molecule has 0 spiro atoms. The second-order valence-corrected chi connectivity index (χ2v) is 12.0. The molecule has 0 aliphatic carbocycles. The number of nitrogens with two attached hydrogens (primary N) is 1. The van der Waals surface area contributed by atoms with Crippen LogP contribution in [-0.2, 0) is 23.4 Å². The summed E-state index contributed by atoms with van der Waals surface area (Å²) < 4.78 is 37.8. The van der Waals surface area contributed by atoms with Crippen molar-refractivity contribution < 1.29 is 38.1 Å². The highest BCUT2D eigenvalue weighted by Gasteiger charge is 2.57. The van der Waals surface area contributed by atoms with E-state index in [1.165, 1.54) is 17.8 Å². The van der Waals surface area contributed by atoms with Crippen LogP contribution >= 0.6 is 19.3 Å². The minimum absolute atomic E-state index is 0.0543. The lowest BCUT2D eigenvalue weighted by Crippen LogP contribution is -2.45. The van der Waals surface area contributed by atoms with Gasteiger partial charge in [0, 0.05) is 7.05 Å². The van der Waals surface area contributed by atoms with Gasteiger partial charge in [-0.05, 0) is 32.9 Å². The van der Waals surface area contributed by atoms with E-state index in [0.29, 0.717) is 11.3 Å². The molecule has 1 aromatic carbocycles. The number of nitrogens with one attached hydrogen (secondary N) is 2. The first-order valence-electron chi connectivity index (χ1n) is 12.7. The molecular formula is C24H33ClN7O8P. The van der Waals surface area contributed by atoms with Gasteiger partial charge in [-0.15, -0.1) is 11.6 Å². The molecule has 41 heavy (non-hydrogen) atoms. The van der Waals surface area contributed by atoms with Crippen LogP contribution in [0.25, 0.3) is 11.2 Å². The number of aliphatic hydroxyl groups is 2. The first-order valence-corrected chi connectivity index (χ1v) is 14.6. The summed E-state index contributed by atoms with van der Waals surface area (Å²) in [7, 11) is -2.64. The van der Waals surface area contributed by atoms with E-state index in [1.807, 2.05) is 0 Å². The number of nitrogen functional groups attached to an aromatic ring is 1. The highest BCUT2D eigenvalue weighted by Crippen LogP contribution is 2.48. The van der Waals surface area contributed by atoms with Gasteiger partial charge in [-0.25, -0.2) is 9.55 Å². The molecule has 224 valence electrons. The van der Waals surface area contributed by atoms with Crippen LogP contribution in [0.4, 0.5) is 11.8 Å². The number of hydrogen-bond donors (Lipinski definition) is 5. The molecule has 1 aliphatic rings. The van der Waals surface area contributed by atoms with Gasteiger partial charge in [0.1, 0.15) is 28.9 Å². The van der Waals surface area contributed by atoms with E-state index < -0.39 is 62.4 Å². The van der Waals surface area contributed by atoms with E-state index in [1.54, 1.807) is 51.2 Å². The Morgan fingerprint density at radius 1 is 1.29 bits per heavy atom. The molecular weight excluding hydrogens is 581 g/mol. The molecule has 0 bridgehead atoms. The minimum Gasteiger partial charge on any atom is -0.462 e. The Hall–Kier alpha value is -3.04. The average molecular weight is 614 g/mol. The van der Waals surface area contributed by atoms with E-state index in [-0.39, 0.29) is 17.3 Å². The van der Waals surface area contributed by atoms with Crippen molar-refractivity contribution >= 4 is 48.2 Å². The normalized spacial score (nSPS) is 24.7. The van der Waals surface area contributed by atoms with Crippen LogP contribution in [0.3, 0.4) is 0 Å². The number of fused-ring (bicyclic) bond motifs is 1. The van der Waals surface area contributed by atoms with Gasteiger partial charge >= 0.3 is 13.7 Å². The minimum atomic E-state index is -4.27. The van der Waals surface area contributed by atoms with Gasteiger partial charge in [0.05, 0.1) is 25.6 Å². The monoisotopic (exact) mass is 613 g/mol. The summed E-state index contributed by atoms with van der Waals surface area (Å²) in [5.41, 5.74) is 6.43. The predicted molar refractivity (Wildman–Crippen MR) is 149 cm³/mol. The number of rotatable bonds is 12. The summed E-state index contributed by atoms with van der Waals surface area (Å²) in [4.78, 5) is 23.2. The molecule has 3 aromatic rings. The fraction of sp³-hybridized carbons (Fsp3) is 0.500. The van der Waals surface area contributed by atoms with E-state index in [2.05, 4.69) is 25.4 Å². The molecule has 0 unspecified atom stereocenters.